The van der Waals surface area contributed by atoms with Gasteiger partial charge in [-0.2, -0.15) is 5.26 Å². The van der Waals surface area contributed by atoms with Crippen LogP contribution in [-0.2, 0) is 0 Å². The van der Waals surface area contributed by atoms with Crippen molar-refractivity contribution < 1.29 is 0 Å². The number of hydrogen-bond donors (Lipinski definition) is 0. The lowest BCUT2D eigenvalue weighted by Crippen LogP contribution is -2.06. The minimum atomic E-state index is 0.198. The van der Waals surface area contributed by atoms with Crippen LogP contribution in [0, 0.1) is 23.2 Å². The summed E-state index contributed by atoms with van der Waals surface area (Å²) >= 11 is 0. The van der Waals surface area contributed by atoms with Gasteiger partial charge in [-0.05, 0) is 12.8 Å². The Hall–Kier alpha value is -1.29. The molecular weight excluding hydrogens is 146 g/mol. The van der Waals surface area contributed by atoms with Crippen LogP contribution in [-0.4, -0.2) is 0 Å². The summed E-state index contributed by atoms with van der Waals surface area (Å²) in [7, 11) is 0. The van der Waals surface area contributed by atoms with Crippen LogP contribution in [0.5, 0.6) is 0 Å². The third kappa shape index (κ3) is 3.21. The van der Waals surface area contributed by atoms with Gasteiger partial charge in [0, 0.05) is 12.3 Å². The predicted molar refractivity (Wildman–Crippen MR) is 52.4 cm³/mol. The number of nitrogens with zero attached hydrogens (tertiary/aromatic N) is 1. The van der Waals surface area contributed by atoms with Gasteiger partial charge in [-0.3, -0.25) is 0 Å². The van der Waals surface area contributed by atoms with E-state index in [1.165, 1.54) is 0 Å². The maximum Gasteiger partial charge on any atom is 0.0628 e. The summed E-state index contributed by atoms with van der Waals surface area (Å²) in [5, 5.41) is 8.52. The molecule has 2 atom stereocenters. The van der Waals surface area contributed by atoms with Crippen molar-refractivity contribution in [3.05, 3.63) is 37.5 Å². The summed E-state index contributed by atoms with van der Waals surface area (Å²) in [4.78, 5) is 0. The zero-order valence-corrected chi connectivity index (χ0v) is 7.53. The standard InChI is InChI=1S/C11H15N/c1-4-7-10(5-2)11(6-3)8-9-12/h4-7,10-11H,2-3,8H2,1H3/b7-4+. The molecule has 0 aliphatic carbocycles. The Labute approximate surface area is 74.7 Å². The first kappa shape index (κ1) is 10.7. The molecule has 0 amide bonds. The molecule has 0 bridgehead atoms. The van der Waals surface area contributed by atoms with Crippen molar-refractivity contribution in [2.24, 2.45) is 11.8 Å². The quantitative estimate of drug-likeness (QED) is 0.568. The van der Waals surface area contributed by atoms with E-state index in [1.54, 1.807) is 0 Å². The first-order valence-corrected chi connectivity index (χ1v) is 4.05. The fourth-order valence-electron chi connectivity index (χ4n) is 1.10. The largest absolute Gasteiger partial charge is 0.198 e. The first-order valence-electron chi connectivity index (χ1n) is 4.05. The average molecular weight is 161 g/mol. The maximum atomic E-state index is 8.52. The highest BCUT2D eigenvalue weighted by molar-refractivity contribution is 5.05. The zero-order chi connectivity index (χ0) is 9.40. The Bertz CT molecular complexity index is 208. The second kappa shape index (κ2) is 6.42. The lowest BCUT2D eigenvalue weighted by atomic mass is 9.90. The van der Waals surface area contributed by atoms with Gasteiger partial charge < -0.3 is 0 Å². The van der Waals surface area contributed by atoms with Gasteiger partial charge in [0.2, 0.25) is 0 Å². The Morgan fingerprint density at radius 2 is 2.08 bits per heavy atom. The molecule has 0 rings (SSSR count). The van der Waals surface area contributed by atoms with Crippen LogP contribution in [0.25, 0.3) is 0 Å². The van der Waals surface area contributed by atoms with Gasteiger partial charge >= 0.3 is 0 Å². The van der Waals surface area contributed by atoms with Crippen molar-refractivity contribution >= 4 is 0 Å². The monoisotopic (exact) mass is 161 g/mol. The van der Waals surface area contributed by atoms with E-state index in [0.717, 1.165) is 0 Å². The smallest absolute Gasteiger partial charge is 0.0628 e. The molecule has 0 saturated carbocycles. The van der Waals surface area contributed by atoms with E-state index in [9.17, 15) is 0 Å². The van der Waals surface area contributed by atoms with Crippen LogP contribution >= 0.6 is 0 Å². The molecule has 0 fully saturated rings. The molecule has 0 saturated heterocycles. The van der Waals surface area contributed by atoms with Crippen molar-refractivity contribution in [1.29, 1.82) is 5.26 Å². The molecule has 2 unspecified atom stereocenters. The Kier molecular flexibility index (Phi) is 5.73. The van der Waals surface area contributed by atoms with Crippen LogP contribution < -0.4 is 0 Å². The molecule has 0 aliphatic heterocycles. The molecule has 0 aromatic rings. The van der Waals surface area contributed by atoms with E-state index in [1.807, 2.05) is 31.2 Å². The van der Waals surface area contributed by atoms with Gasteiger partial charge in [0.25, 0.3) is 0 Å². The van der Waals surface area contributed by atoms with Crippen molar-refractivity contribution in [3.8, 4) is 6.07 Å². The van der Waals surface area contributed by atoms with E-state index in [-0.39, 0.29) is 11.8 Å². The highest BCUT2D eigenvalue weighted by atomic mass is 14.3. The lowest BCUT2D eigenvalue weighted by Gasteiger charge is -2.14. The van der Waals surface area contributed by atoms with Gasteiger partial charge in [0.1, 0.15) is 0 Å². The van der Waals surface area contributed by atoms with Crippen LogP contribution in [0.15, 0.2) is 37.5 Å². The highest BCUT2D eigenvalue weighted by Crippen LogP contribution is 2.19. The van der Waals surface area contributed by atoms with Crippen LogP contribution in [0.2, 0.25) is 0 Å². The minimum Gasteiger partial charge on any atom is -0.198 e. The van der Waals surface area contributed by atoms with Gasteiger partial charge in [-0.15, -0.1) is 13.2 Å². The van der Waals surface area contributed by atoms with E-state index < -0.39 is 0 Å². The molecular formula is C11H15N. The maximum absolute atomic E-state index is 8.52. The van der Waals surface area contributed by atoms with Gasteiger partial charge in [-0.1, -0.05) is 24.3 Å². The number of hydrogen-bond acceptors (Lipinski definition) is 1. The Morgan fingerprint density at radius 3 is 2.42 bits per heavy atom. The number of allylic oxidation sites excluding steroid dienone is 4. The average Bonchev–Trinajstić information content (AvgIpc) is 2.11. The normalized spacial score (nSPS) is 15.0. The highest BCUT2D eigenvalue weighted by Gasteiger charge is 2.11. The summed E-state index contributed by atoms with van der Waals surface area (Å²) in [6, 6.07) is 2.14. The minimum absolute atomic E-state index is 0.198. The first-order chi connectivity index (χ1) is 5.79. The van der Waals surface area contributed by atoms with Crippen LogP contribution in [0.1, 0.15) is 13.3 Å². The van der Waals surface area contributed by atoms with Crippen molar-refractivity contribution in [2.45, 2.75) is 13.3 Å². The lowest BCUT2D eigenvalue weighted by molar-refractivity contribution is 0.571. The molecule has 0 N–H and O–H groups in total. The van der Waals surface area contributed by atoms with Gasteiger partial charge in [0.15, 0.2) is 0 Å². The predicted octanol–water partition coefficient (Wildman–Crippen LogP) is 3.08. The second-order valence-electron chi connectivity index (χ2n) is 2.60. The van der Waals surface area contributed by atoms with E-state index >= 15 is 0 Å². The summed E-state index contributed by atoms with van der Waals surface area (Å²) in [5.74, 6) is 0.441. The molecule has 0 aromatic heterocycles. The number of rotatable bonds is 5. The summed E-state index contributed by atoms with van der Waals surface area (Å²) in [5.41, 5.74) is 0. The molecule has 64 valence electrons. The summed E-state index contributed by atoms with van der Waals surface area (Å²) < 4.78 is 0. The Balaban J connectivity index is 4.33. The van der Waals surface area contributed by atoms with Crippen molar-refractivity contribution in [1.82, 2.24) is 0 Å². The molecule has 0 radical (unpaired) electrons. The fourth-order valence-corrected chi connectivity index (χ4v) is 1.10. The Morgan fingerprint density at radius 1 is 1.42 bits per heavy atom. The SMILES string of the molecule is C=CC(/C=C/C)C(C=C)CC#N. The van der Waals surface area contributed by atoms with Crippen LogP contribution in [0.4, 0.5) is 0 Å². The fraction of sp³-hybridized carbons (Fsp3) is 0.364. The molecule has 0 spiro atoms. The zero-order valence-electron chi connectivity index (χ0n) is 7.53. The van der Waals surface area contributed by atoms with Crippen molar-refractivity contribution in [2.75, 3.05) is 0 Å². The van der Waals surface area contributed by atoms with Crippen molar-refractivity contribution in [3.63, 3.8) is 0 Å². The molecule has 0 heterocycles. The van der Waals surface area contributed by atoms with Gasteiger partial charge in [-0.25, -0.2) is 0 Å². The second-order valence-corrected chi connectivity index (χ2v) is 2.60. The topological polar surface area (TPSA) is 23.8 Å². The summed E-state index contributed by atoms with van der Waals surface area (Å²) in [6.07, 6.45) is 8.18. The molecule has 0 aliphatic rings. The third-order valence-corrected chi connectivity index (χ3v) is 1.81. The molecule has 12 heavy (non-hydrogen) atoms. The molecule has 1 heteroatoms. The van der Waals surface area contributed by atoms with E-state index in [4.69, 9.17) is 5.26 Å². The third-order valence-electron chi connectivity index (χ3n) is 1.81. The summed E-state index contributed by atoms with van der Waals surface area (Å²) in [6.45, 7) is 9.38. The van der Waals surface area contributed by atoms with E-state index in [2.05, 4.69) is 19.2 Å². The van der Waals surface area contributed by atoms with Crippen LogP contribution in [0.3, 0.4) is 0 Å². The van der Waals surface area contributed by atoms with Gasteiger partial charge in [0.05, 0.1) is 6.07 Å². The number of nitriles is 1. The molecule has 1 nitrogen and oxygen atoms in total. The molecule has 0 aromatic carbocycles. The van der Waals surface area contributed by atoms with E-state index in [0.29, 0.717) is 6.42 Å².